The van der Waals surface area contributed by atoms with E-state index in [1.165, 1.54) is 111 Å². The van der Waals surface area contributed by atoms with Gasteiger partial charge < -0.3 is 43.8 Å². The second kappa shape index (κ2) is 17.0. The molecule has 1 aliphatic carbocycles. The van der Waals surface area contributed by atoms with Crippen LogP contribution < -0.4 is 43.8 Å². The van der Waals surface area contributed by atoms with Crippen molar-refractivity contribution < 1.29 is 43.8 Å². The molecule has 0 fully saturated rings. The fourth-order valence-electron chi connectivity index (χ4n) is 6.72. The van der Waals surface area contributed by atoms with Crippen LogP contribution in [0.1, 0.15) is 86.5 Å². The molecule has 4 rings (SSSR count). The monoisotopic (exact) mass is 684 g/mol. The van der Waals surface area contributed by atoms with E-state index in [2.05, 4.69) is 103 Å². The summed E-state index contributed by atoms with van der Waals surface area (Å²) in [5, 5.41) is 0. The highest BCUT2D eigenvalue weighted by molar-refractivity contribution is 5.84. The van der Waals surface area contributed by atoms with Gasteiger partial charge in [0.15, 0.2) is 0 Å². The molecule has 0 bridgehead atoms. The Morgan fingerprint density at radius 3 is 1.46 bits per heavy atom. The maximum absolute atomic E-state index is 2.57. The summed E-state index contributed by atoms with van der Waals surface area (Å²) >= 11 is 0. The molecule has 0 atom stereocenters. The normalized spacial score (nSPS) is 13.1. The van der Waals surface area contributed by atoms with Crippen molar-refractivity contribution in [3.8, 4) is 22.3 Å². The largest absolute Gasteiger partial charge is 1.00 e. The number of rotatable bonds is 15. The second-order valence-corrected chi connectivity index (χ2v) is 13.0. The van der Waals surface area contributed by atoms with E-state index in [9.17, 15) is 0 Å². The maximum Gasteiger partial charge on any atom is 0.0766 e. The van der Waals surface area contributed by atoms with Crippen LogP contribution in [0.4, 0.5) is 0 Å². The molecule has 3 aromatic rings. The minimum absolute atomic E-state index is 0. The van der Waals surface area contributed by atoms with E-state index in [-0.39, 0.29) is 39.4 Å². The van der Waals surface area contributed by atoms with Gasteiger partial charge in [0, 0.05) is 5.41 Å². The van der Waals surface area contributed by atoms with Crippen LogP contribution in [0, 0.1) is 13.8 Å². The summed E-state index contributed by atoms with van der Waals surface area (Å²) in [4.78, 5) is 3.14. The predicted octanol–water partition coefficient (Wildman–Crippen LogP) is 0.435. The molecule has 0 spiro atoms. The Hall–Kier alpha value is -1.46. The first-order valence-electron chi connectivity index (χ1n) is 15.7. The number of unbranched alkanes of at least 4 members (excludes halogenated alkanes) is 6. The average molecular weight is 687 g/mol. The van der Waals surface area contributed by atoms with Crippen molar-refractivity contribution in [2.24, 2.45) is 0 Å². The van der Waals surface area contributed by atoms with Crippen molar-refractivity contribution in [3.05, 3.63) is 82.9 Å². The molecule has 1 aliphatic rings. The number of hydrogen-bond donors (Lipinski definition) is 2. The number of benzene rings is 3. The van der Waals surface area contributed by atoms with Gasteiger partial charge in [0.2, 0.25) is 0 Å². The smallest absolute Gasteiger partial charge is 0.0766 e. The van der Waals surface area contributed by atoms with E-state index >= 15 is 0 Å². The zero-order valence-corrected chi connectivity index (χ0v) is 29.7. The van der Waals surface area contributed by atoms with E-state index in [0.29, 0.717) is 0 Å². The molecule has 0 aromatic heterocycles. The van der Waals surface area contributed by atoms with E-state index in [1.54, 1.807) is 20.9 Å². The molecule has 2 nitrogen and oxygen atoms in total. The van der Waals surface area contributed by atoms with Gasteiger partial charge in [-0.05, 0) is 91.8 Å². The fraction of sp³-hybridized carbons (Fsp3) is 0.514. The highest BCUT2D eigenvalue weighted by Gasteiger charge is 2.42. The Morgan fingerprint density at radius 1 is 0.488 bits per heavy atom. The molecule has 4 heteroatoms. The summed E-state index contributed by atoms with van der Waals surface area (Å²) < 4.78 is 0. The third-order valence-corrected chi connectivity index (χ3v) is 8.96. The predicted molar refractivity (Wildman–Crippen MR) is 169 cm³/mol. The molecule has 0 heterocycles. The van der Waals surface area contributed by atoms with Crippen LogP contribution in [0.2, 0.25) is 0 Å². The van der Waals surface area contributed by atoms with Crippen molar-refractivity contribution >= 4 is 0 Å². The standard InChI is InChI=1S/C37H52N2.2BrH/c1-29-15-18-31(19-16-29)32-20-22-34-33-21-17-30(2)27-35(33)37(36(34)28-32,23-11-7-9-13-25-38(3)4)24-12-8-10-14-26-39(5)6;;/h15-22,27-28H,7-14,23-26H2,1-6H3;2*1H. The molecule has 0 unspecified atom stereocenters. The molecule has 0 saturated heterocycles. The second-order valence-electron chi connectivity index (χ2n) is 13.0. The maximum atomic E-state index is 2.57. The number of nitrogens with one attached hydrogen (secondary N) is 2. The van der Waals surface area contributed by atoms with Crippen LogP contribution in [0.3, 0.4) is 0 Å². The number of fused-ring (bicyclic) bond motifs is 3. The van der Waals surface area contributed by atoms with E-state index in [4.69, 9.17) is 0 Å². The van der Waals surface area contributed by atoms with Crippen LogP contribution in [-0.4, -0.2) is 41.3 Å². The first-order chi connectivity index (χ1) is 18.8. The van der Waals surface area contributed by atoms with Crippen molar-refractivity contribution in [2.45, 2.75) is 83.5 Å². The van der Waals surface area contributed by atoms with Gasteiger partial charge in [0.25, 0.3) is 0 Å². The summed E-state index contributed by atoms with van der Waals surface area (Å²) in [5.74, 6) is 0. The SMILES string of the molecule is Cc1ccc(-c2ccc3c(c2)C(CCCCCC[NH+](C)C)(CCCCCC[NH+](C)C)c2cc(C)ccc2-3)cc1.[Br-].[Br-]. The lowest BCUT2D eigenvalue weighted by molar-refractivity contribution is -0.858. The first-order valence-corrected chi connectivity index (χ1v) is 15.7. The van der Waals surface area contributed by atoms with E-state index < -0.39 is 0 Å². The number of aryl methyl sites for hydroxylation is 2. The Kier molecular flexibility index (Phi) is 14.8. The van der Waals surface area contributed by atoms with Gasteiger partial charge in [-0.2, -0.15) is 0 Å². The third-order valence-electron chi connectivity index (χ3n) is 8.96. The molecular formula is C37H54Br2N2. The fourth-order valence-corrected chi connectivity index (χ4v) is 6.72. The molecule has 226 valence electrons. The Labute approximate surface area is 272 Å². The van der Waals surface area contributed by atoms with Gasteiger partial charge in [-0.15, -0.1) is 0 Å². The van der Waals surface area contributed by atoms with Crippen molar-refractivity contribution in [1.82, 2.24) is 0 Å². The van der Waals surface area contributed by atoms with Gasteiger partial charge in [0.05, 0.1) is 41.3 Å². The summed E-state index contributed by atoms with van der Waals surface area (Å²) in [5.41, 5.74) is 11.7. The van der Waals surface area contributed by atoms with E-state index in [1.807, 2.05) is 0 Å². The van der Waals surface area contributed by atoms with Crippen LogP contribution >= 0.6 is 0 Å². The van der Waals surface area contributed by atoms with Gasteiger partial charge in [-0.3, -0.25) is 0 Å². The van der Waals surface area contributed by atoms with Gasteiger partial charge in [-0.25, -0.2) is 0 Å². The highest BCUT2D eigenvalue weighted by Crippen LogP contribution is 2.55. The highest BCUT2D eigenvalue weighted by atomic mass is 79.9. The molecule has 41 heavy (non-hydrogen) atoms. The first kappa shape index (κ1) is 35.7. The Balaban J connectivity index is 0.00000294. The molecule has 0 saturated carbocycles. The van der Waals surface area contributed by atoms with Gasteiger partial charge >= 0.3 is 0 Å². The zero-order valence-electron chi connectivity index (χ0n) is 26.5. The molecule has 0 amide bonds. The molecule has 0 aliphatic heterocycles. The number of halogens is 2. The lowest BCUT2D eigenvalue weighted by atomic mass is 9.70. The van der Waals surface area contributed by atoms with Crippen LogP contribution in [0.15, 0.2) is 60.7 Å². The minimum Gasteiger partial charge on any atom is -1.00 e. The summed E-state index contributed by atoms with van der Waals surface area (Å²) in [6, 6.07) is 23.7. The van der Waals surface area contributed by atoms with Gasteiger partial charge in [-0.1, -0.05) is 91.4 Å². The van der Waals surface area contributed by atoms with Crippen LogP contribution in [-0.2, 0) is 5.41 Å². The lowest BCUT2D eigenvalue weighted by Crippen LogP contribution is -3.05. The summed E-state index contributed by atoms with van der Waals surface area (Å²) in [6.45, 7) is 7.02. The van der Waals surface area contributed by atoms with Gasteiger partial charge in [0.1, 0.15) is 0 Å². The van der Waals surface area contributed by atoms with Crippen molar-refractivity contribution in [3.63, 3.8) is 0 Å². The Bertz CT molecular complexity index is 1180. The average Bonchev–Trinajstić information content (AvgIpc) is 3.16. The number of quaternary nitrogens is 2. The summed E-state index contributed by atoms with van der Waals surface area (Å²) in [6.07, 6.45) is 13.2. The zero-order chi connectivity index (χ0) is 27.8. The minimum atomic E-state index is 0. The topological polar surface area (TPSA) is 8.88 Å². The number of hydrogen-bond acceptors (Lipinski definition) is 0. The molecule has 2 N–H and O–H groups in total. The Morgan fingerprint density at radius 2 is 0.927 bits per heavy atom. The molecule has 3 aromatic carbocycles. The van der Waals surface area contributed by atoms with Crippen molar-refractivity contribution in [1.29, 1.82) is 0 Å². The quantitative estimate of drug-likeness (QED) is 0.215. The lowest BCUT2D eigenvalue weighted by Gasteiger charge is -2.33. The van der Waals surface area contributed by atoms with E-state index in [0.717, 1.165) is 0 Å². The third kappa shape index (κ3) is 9.26. The van der Waals surface area contributed by atoms with Crippen LogP contribution in [0.5, 0.6) is 0 Å². The molecule has 0 radical (unpaired) electrons. The van der Waals surface area contributed by atoms with Crippen LogP contribution in [0.25, 0.3) is 22.3 Å². The summed E-state index contributed by atoms with van der Waals surface area (Å²) in [7, 11) is 9.09. The van der Waals surface area contributed by atoms with Crippen molar-refractivity contribution in [2.75, 3.05) is 41.3 Å². The molecular weight excluding hydrogens is 632 g/mol.